The lowest BCUT2D eigenvalue weighted by molar-refractivity contribution is 0.210. The Balaban J connectivity index is 0. The zero-order valence-corrected chi connectivity index (χ0v) is 7.81. The molecule has 0 aliphatic rings. The molecule has 59 valence electrons. The van der Waals surface area contributed by atoms with Gasteiger partial charge in [0.25, 0.3) is 0 Å². The summed E-state index contributed by atoms with van der Waals surface area (Å²) in [6.45, 7) is 8.69. The molecule has 0 bridgehead atoms. The molecule has 1 N–H and O–H groups in total. The molecule has 1 unspecified atom stereocenters. The highest BCUT2D eigenvalue weighted by molar-refractivity contribution is 6.79. The first-order valence-electron chi connectivity index (χ1n) is 3.50. The molecule has 0 heterocycles. The van der Waals surface area contributed by atoms with E-state index in [9.17, 15) is 5.11 Å². The van der Waals surface area contributed by atoms with Gasteiger partial charge in [-0.05, 0) is 12.5 Å². The molecule has 1 radical (unpaired) electrons. The van der Waals surface area contributed by atoms with E-state index in [-0.39, 0.29) is 29.2 Å². The van der Waals surface area contributed by atoms with Crippen LogP contribution in [0.3, 0.4) is 0 Å². The second-order valence-corrected chi connectivity index (χ2v) is 8.57. The Hall–Kier alpha value is 0.943. The summed E-state index contributed by atoms with van der Waals surface area (Å²) in [4.78, 5) is 0. The highest BCUT2D eigenvalue weighted by Crippen LogP contribution is 2.09. The topological polar surface area (TPSA) is 20.2 Å². The molecule has 0 saturated carbocycles. The summed E-state index contributed by atoms with van der Waals surface area (Å²) in [5, 5.41) is 9.17. The Morgan fingerprint density at radius 3 is 1.90 bits per heavy atom. The minimum atomic E-state index is -1.12. The van der Waals surface area contributed by atoms with Gasteiger partial charge in [0.1, 0.15) is 0 Å². The molecule has 0 rings (SSSR count). The monoisotopic (exact) mass is 171 g/mol. The lowest BCUT2D eigenvalue weighted by atomic mass is 10.3. The van der Waals surface area contributed by atoms with Crippen molar-refractivity contribution in [2.24, 2.45) is 0 Å². The maximum Gasteiger partial charge on any atom is 0.316 e. The van der Waals surface area contributed by atoms with Crippen LogP contribution in [0.5, 0.6) is 0 Å². The Labute approximate surface area is 81.4 Å². The molecule has 0 spiro atoms. The van der Waals surface area contributed by atoms with Crippen LogP contribution < -0.4 is 0 Å². The van der Waals surface area contributed by atoms with Crippen LogP contribution in [0, 0.1) is 6.04 Å². The van der Waals surface area contributed by atoms with Gasteiger partial charge in [0.2, 0.25) is 0 Å². The van der Waals surface area contributed by atoms with E-state index in [1.54, 1.807) is 0 Å². The molecule has 0 aromatic carbocycles. The van der Waals surface area contributed by atoms with Crippen molar-refractivity contribution in [3.05, 3.63) is 6.04 Å². The quantitative estimate of drug-likeness (QED) is 0.627. The molecule has 1 nitrogen and oxygen atoms in total. The zero-order valence-electron chi connectivity index (χ0n) is 6.81. The Kier molecular flexibility index (Phi) is 7.54. The minimum Gasteiger partial charge on any atom is -0.393 e. The van der Waals surface area contributed by atoms with Crippen molar-refractivity contribution in [3.8, 4) is 0 Å². The summed E-state index contributed by atoms with van der Waals surface area (Å²) in [6.07, 6.45) is 0.682. The third-order valence-corrected chi connectivity index (χ3v) is 2.50. The van der Waals surface area contributed by atoms with Gasteiger partial charge in [-0.25, -0.2) is 0 Å². The van der Waals surface area contributed by atoms with Crippen LogP contribution in [0.4, 0.5) is 0 Å². The van der Waals surface area contributed by atoms with Crippen molar-refractivity contribution >= 4 is 31.1 Å². The zero-order chi connectivity index (χ0) is 7.49. The second kappa shape index (κ2) is 5.58. The number of hydrogen-bond donors (Lipinski definition) is 1. The lowest BCUT2D eigenvalue weighted by Gasteiger charge is -2.18. The van der Waals surface area contributed by atoms with Crippen LogP contribution in [-0.2, 0) is 0 Å². The molecule has 0 aromatic heterocycles. The first kappa shape index (κ1) is 13.5. The van der Waals surface area contributed by atoms with E-state index in [0.717, 1.165) is 6.42 Å². The third kappa shape index (κ3) is 8.94. The van der Waals surface area contributed by atoms with E-state index in [4.69, 9.17) is 0 Å². The van der Waals surface area contributed by atoms with Crippen molar-refractivity contribution in [1.82, 2.24) is 0 Å². The molecule has 0 saturated heterocycles. The van der Waals surface area contributed by atoms with Gasteiger partial charge in [-0.15, -0.1) is 0 Å². The Morgan fingerprint density at radius 1 is 1.40 bits per heavy atom. The molecule has 0 aliphatic carbocycles. The van der Waals surface area contributed by atoms with Crippen molar-refractivity contribution in [3.63, 3.8) is 0 Å². The maximum absolute atomic E-state index is 9.17. The summed E-state index contributed by atoms with van der Waals surface area (Å²) >= 11 is 0. The van der Waals surface area contributed by atoms with Crippen LogP contribution in [0.2, 0.25) is 19.6 Å². The van der Waals surface area contributed by atoms with Crippen LogP contribution in [-0.4, -0.2) is 42.3 Å². The van der Waals surface area contributed by atoms with E-state index in [2.05, 4.69) is 25.7 Å². The van der Waals surface area contributed by atoms with Gasteiger partial charge in [0, 0.05) is 0 Å². The number of rotatable bonds is 3. The minimum absolute atomic E-state index is 0. The van der Waals surface area contributed by atoms with E-state index in [1.165, 1.54) is 0 Å². The molecule has 3 heteroatoms. The molecule has 1 atom stereocenters. The standard InChI is InChI=1S/C7H17OSi.Mg.2H/c1-5-7(8)6-9(2,3)4;;;/h6-8H,5H2,1-4H3;;;. The molecular weight excluding hydrogens is 152 g/mol. The van der Waals surface area contributed by atoms with Crippen molar-refractivity contribution in [2.75, 3.05) is 0 Å². The van der Waals surface area contributed by atoms with Crippen LogP contribution in [0.25, 0.3) is 0 Å². The fourth-order valence-electron chi connectivity index (χ4n) is 0.695. The van der Waals surface area contributed by atoms with Crippen LogP contribution in [0.15, 0.2) is 0 Å². The van der Waals surface area contributed by atoms with E-state index < -0.39 is 8.07 Å². The summed E-state index contributed by atoms with van der Waals surface area (Å²) < 4.78 is 0. The van der Waals surface area contributed by atoms with Gasteiger partial charge in [-0.1, -0.05) is 26.6 Å². The predicted molar refractivity (Wildman–Crippen MR) is 52.5 cm³/mol. The van der Waals surface area contributed by atoms with Crippen molar-refractivity contribution in [2.45, 2.75) is 39.1 Å². The first-order valence-corrected chi connectivity index (χ1v) is 7.07. The largest absolute Gasteiger partial charge is 0.393 e. The molecule has 0 aliphatic heterocycles. The summed E-state index contributed by atoms with van der Waals surface area (Å²) in [5.74, 6) is 0. The molecule has 0 fully saturated rings. The van der Waals surface area contributed by atoms with E-state index in [1.807, 2.05) is 6.92 Å². The van der Waals surface area contributed by atoms with Crippen molar-refractivity contribution < 1.29 is 5.11 Å². The SMILES string of the molecule is CCC(O)[CH][Si](C)(C)C.[MgH2]. The normalized spacial score (nSPS) is 14.1. The van der Waals surface area contributed by atoms with E-state index in [0.29, 0.717) is 0 Å². The summed E-state index contributed by atoms with van der Waals surface area (Å²) in [6, 6.07) is 2.10. The number of aliphatic hydroxyl groups excluding tert-OH is 1. The highest BCUT2D eigenvalue weighted by atomic mass is 28.3. The third-order valence-electron chi connectivity index (χ3n) is 1.11. The van der Waals surface area contributed by atoms with Gasteiger partial charge in [0.15, 0.2) is 0 Å². The molecule has 0 amide bonds. The molecular formula is C7H19MgOSi. The lowest BCUT2D eigenvalue weighted by Crippen LogP contribution is -2.28. The average Bonchev–Trinajstić information content (AvgIpc) is 1.62. The smallest absolute Gasteiger partial charge is 0.316 e. The fourth-order valence-corrected chi connectivity index (χ4v) is 2.09. The summed E-state index contributed by atoms with van der Waals surface area (Å²) in [5.41, 5.74) is 0. The number of aliphatic hydroxyl groups is 1. The van der Waals surface area contributed by atoms with Gasteiger partial charge in [-0.2, -0.15) is 0 Å². The van der Waals surface area contributed by atoms with Gasteiger partial charge >= 0.3 is 23.1 Å². The maximum atomic E-state index is 9.17. The number of hydrogen-bond acceptors (Lipinski definition) is 1. The fraction of sp³-hybridized carbons (Fsp3) is 0.857. The Bertz CT molecular complexity index is 80.2. The first-order chi connectivity index (χ1) is 3.95. The van der Waals surface area contributed by atoms with Crippen molar-refractivity contribution in [1.29, 1.82) is 0 Å². The molecule has 10 heavy (non-hydrogen) atoms. The van der Waals surface area contributed by atoms with Gasteiger partial charge in [0.05, 0.1) is 14.2 Å². The highest BCUT2D eigenvalue weighted by Gasteiger charge is 2.17. The summed E-state index contributed by atoms with van der Waals surface area (Å²) in [7, 11) is -1.12. The van der Waals surface area contributed by atoms with Gasteiger partial charge < -0.3 is 5.11 Å². The van der Waals surface area contributed by atoms with E-state index >= 15 is 0 Å². The van der Waals surface area contributed by atoms with Crippen LogP contribution in [0.1, 0.15) is 13.3 Å². The van der Waals surface area contributed by atoms with Gasteiger partial charge in [-0.3, -0.25) is 0 Å². The second-order valence-electron chi connectivity index (χ2n) is 3.51. The average molecular weight is 172 g/mol. The van der Waals surface area contributed by atoms with Crippen LogP contribution >= 0.6 is 0 Å². The molecule has 0 aromatic rings. The Morgan fingerprint density at radius 2 is 1.80 bits per heavy atom. The predicted octanol–water partition coefficient (Wildman–Crippen LogP) is 0.923.